The van der Waals surface area contributed by atoms with Gasteiger partial charge < -0.3 is 10.2 Å². The molecule has 23 heavy (non-hydrogen) atoms. The molecule has 2 fully saturated rings. The molecule has 3 heteroatoms. The van der Waals surface area contributed by atoms with Gasteiger partial charge in [-0.1, -0.05) is 36.2 Å². The highest BCUT2D eigenvalue weighted by molar-refractivity contribution is 5.77. The molecule has 3 nitrogen and oxygen atoms in total. The first-order chi connectivity index (χ1) is 11.1. The first-order valence-corrected chi connectivity index (χ1v) is 9.13. The van der Waals surface area contributed by atoms with Gasteiger partial charge in [0.15, 0.2) is 0 Å². The highest BCUT2D eigenvalue weighted by Gasteiger charge is 2.43. The third-order valence-corrected chi connectivity index (χ3v) is 5.51. The zero-order valence-corrected chi connectivity index (χ0v) is 14.6. The normalized spacial score (nSPS) is 23.5. The van der Waals surface area contributed by atoms with E-state index in [0.717, 1.165) is 25.7 Å². The Morgan fingerprint density at radius 1 is 1.35 bits per heavy atom. The van der Waals surface area contributed by atoms with E-state index in [2.05, 4.69) is 48.5 Å². The number of nitrogens with one attached hydrogen (secondary N) is 1. The first-order valence-electron chi connectivity index (χ1n) is 9.13. The molecule has 1 saturated carbocycles. The summed E-state index contributed by atoms with van der Waals surface area (Å²) in [6.07, 6.45) is 8.76. The molecule has 0 radical (unpaired) electrons. The molecule has 1 saturated heterocycles. The average molecular weight is 314 g/mol. The van der Waals surface area contributed by atoms with Crippen LogP contribution in [-0.4, -0.2) is 36.0 Å². The summed E-state index contributed by atoms with van der Waals surface area (Å²) in [5, 5.41) is 3.33. The zero-order valence-electron chi connectivity index (χ0n) is 14.6. The van der Waals surface area contributed by atoms with Gasteiger partial charge >= 0.3 is 0 Å². The highest BCUT2D eigenvalue weighted by atomic mass is 16.1. The number of carbonyl (C=O) groups excluding carboxylic acids is 1. The van der Waals surface area contributed by atoms with Crippen molar-refractivity contribution in [3.8, 4) is 0 Å². The molecule has 1 amide bonds. The van der Waals surface area contributed by atoms with Crippen LogP contribution in [0.15, 0.2) is 24.3 Å². The number of hydrogen-bond acceptors (Lipinski definition) is 2. The predicted octanol–water partition coefficient (Wildman–Crippen LogP) is 3.45. The van der Waals surface area contributed by atoms with Crippen molar-refractivity contribution in [2.45, 2.75) is 69.9 Å². The van der Waals surface area contributed by atoms with Crippen molar-refractivity contribution in [1.29, 1.82) is 0 Å². The fourth-order valence-corrected chi connectivity index (χ4v) is 3.87. The average Bonchev–Trinajstić information content (AvgIpc) is 3.25. The lowest BCUT2D eigenvalue weighted by Crippen LogP contribution is -2.40. The van der Waals surface area contributed by atoms with Gasteiger partial charge in [-0.2, -0.15) is 0 Å². The van der Waals surface area contributed by atoms with Crippen molar-refractivity contribution in [2.24, 2.45) is 0 Å². The van der Waals surface area contributed by atoms with Crippen molar-refractivity contribution in [3.63, 3.8) is 0 Å². The molecule has 1 aromatic rings. The lowest BCUT2D eigenvalue weighted by atomic mass is 9.98. The molecule has 1 atom stereocenters. The number of nitrogens with zero attached hydrogens (tertiary/aromatic N) is 1. The van der Waals surface area contributed by atoms with E-state index in [1.165, 1.54) is 36.9 Å². The quantitative estimate of drug-likeness (QED) is 0.872. The van der Waals surface area contributed by atoms with E-state index in [9.17, 15) is 4.79 Å². The molecule has 1 N–H and O–H groups in total. The van der Waals surface area contributed by atoms with Crippen LogP contribution in [0.5, 0.6) is 0 Å². The molecule has 0 unspecified atom stereocenters. The minimum absolute atomic E-state index is 0.0450. The second-order valence-corrected chi connectivity index (χ2v) is 7.66. The SMILES string of the molecule is Cc1cccc(CC2(NC(=O)CC[C@H]3CCCCN3C)CC2)c1. The monoisotopic (exact) mass is 314 g/mol. The lowest BCUT2D eigenvalue weighted by Gasteiger charge is -2.32. The van der Waals surface area contributed by atoms with Crippen LogP contribution in [0.25, 0.3) is 0 Å². The zero-order chi connectivity index (χ0) is 16.3. The Kier molecular flexibility index (Phi) is 5.05. The minimum Gasteiger partial charge on any atom is -0.350 e. The maximum Gasteiger partial charge on any atom is 0.220 e. The van der Waals surface area contributed by atoms with Crippen molar-refractivity contribution in [2.75, 3.05) is 13.6 Å². The van der Waals surface area contributed by atoms with Gasteiger partial charge in [-0.05, 0) is 64.6 Å². The molecule has 3 rings (SSSR count). The van der Waals surface area contributed by atoms with Gasteiger partial charge in [-0.15, -0.1) is 0 Å². The number of aryl methyl sites for hydroxylation is 1. The van der Waals surface area contributed by atoms with Crippen molar-refractivity contribution in [3.05, 3.63) is 35.4 Å². The Morgan fingerprint density at radius 2 is 2.17 bits per heavy atom. The summed E-state index contributed by atoms with van der Waals surface area (Å²) in [4.78, 5) is 14.8. The smallest absolute Gasteiger partial charge is 0.220 e. The van der Waals surface area contributed by atoms with Crippen LogP contribution in [0, 0.1) is 6.92 Å². The minimum atomic E-state index is 0.0450. The summed E-state index contributed by atoms with van der Waals surface area (Å²) in [7, 11) is 2.20. The Bertz CT molecular complexity index is 550. The number of benzene rings is 1. The number of hydrogen-bond donors (Lipinski definition) is 1. The lowest BCUT2D eigenvalue weighted by molar-refractivity contribution is -0.122. The summed E-state index contributed by atoms with van der Waals surface area (Å²) in [5.41, 5.74) is 2.68. The summed E-state index contributed by atoms with van der Waals surface area (Å²) in [6, 6.07) is 9.25. The molecule has 1 heterocycles. The van der Waals surface area contributed by atoms with Gasteiger partial charge in [0.25, 0.3) is 0 Å². The van der Waals surface area contributed by atoms with Gasteiger partial charge in [0.05, 0.1) is 0 Å². The number of carbonyl (C=O) groups is 1. The largest absolute Gasteiger partial charge is 0.350 e. The van der Waals surface area contributed by atoms with E-state index < -0.39 is 0 Å². The van der Waals surface area contributed by atoms with Crippen LogP contribution >= 0.6 is 0 Å². The van der Waals surface area contributed by atoms with Crippen molar-refractivity contribution >= 4 is 5.91 Å². The van der Waals surface area contributed by atoms with Crippen LogP contribution in [-0.2, 0) is 11.2 Å². The van der Waals surface area contributed by atoms with Gasteiger partial charge in [0.2, 0.25) is 5.91 Å². The maximum atomic E-state index is 12.4. The molecule has 2 aliphatic rings. The molecule has 1 aliphatic heterocycles. The Balaban J connectivity index is 1.47. The second-order valence-electron chi connectivity index (χ2n) is 7.66. The van der Waals surface area contributed by atoms with E-state index in [4.69, 9.17) is 0 Å². The number of likely N-dealkylation sites (tertiary alicyclic amines) is 1. The van der Waals surface area contributed by atoms with E-state index in [0.29, 0.717) is 12.5 Å². The van der Waals surface area contributed by atoms with E-state index >= 15 is 0 Å². The Morgan fingerprint density at radius 3 is 2.87 bits per heavy atom. The molecular formula is C20H30N2O. The third kappa shape index (κ3) is 4.57. The molecule has 0 bridgehead atoms. The fraction of sp³-hybridized carbons (Fsp3) is 0.650. The van der Waals surface area contributed by atoms with Gasteiger partial charge in [-0.25, -0.2) is 0 Å². The van der Waals surface area contributed by atoms with Crippen molar-refractivity contribution < 1.29 is 4.79 Å². The van der Waals surface area contributed by atoms with Crippen LogP contribution < -0.4 is 5.32 Å². The Hall–Kier alpha value is -1.35. The van der Waals surface area contributed by atoms with Gasteiger partial charge in [-0.3, -0.25) is 4.79 Å². The van der Waals surface area contributed by atoms with E-state index in [1.807, 2.05) is 0 Å². The fourth-order valence-electron chi connectivity index (χ4n) is 3.87. The summed E-state index contributed by atoms with van der Waals surface area (Å²) < 4.78 is 0. The number of amides is 1. The molecular weight excluding hydrogens is 284 g/mol. The van der Waals surface area contributed by atoms with E-state index in [-0.39, 0.29) is 11.4 Å². The molecule has 1 aromatic carbocycles. The summed E-state index contributed by atoms with van der Waals surface area (Å²) in [6.45, 7) is 3.31. The Labute approximate surface area is 140 Å². The van der Waals surface area contributed by atoms with Crippen molar-refractivity contribution in [1.82, 2.24) is 10.2 Å². The summed E-state index contributed by atoms with van der Waals surface area (Å²) >= 11 is 0. The number of rotatable bonds is 6. The predicted molar refractivity (Wildman–Crippen MR) is 94.5 cm³/mol. The highest BCUT2D eigenvalue weighted by Crippen LogP contribution is 2.39. The van der Waals surface area contributed by atoms with E-state index in [1.54, 1.807) is 0 Å². The van der Waals surface area contributed by atoms with Crippen LogP contribution in [0.3, 0.4) is 0 Å². The van der Waals surface area contributed by atoms with Crippen LogP contribution in [0.4, 0.5) is 0 Å². The molecule has 0 aromatic heterocycles. The molecule has 0 spiro atoms. The standard InChI is InChI=1S/C20H30N2O/c1-16-6-5-7-17(14-16)15-20(11-12-20)21-19(23)10-9-18-8-3-4-13-22(18)2/h5-7,14,18H,3-4,8-13,15H2,1-2H3,(H,21,23)/t18-/m1/s1. The third-order valence-electron chi connectivity index (χ3n) is 5.51. The maximum absolute atomic E-state index is 12.4. The molecule has 1 aliphatic carbocycles. The van der Waals surface area contributed by atoms with Gasteiger partial charge in [0.1, 0.15) is 0 Å². The number of piperidine rings is 1. The topological polar surface area (TPSA) is 32.3 Å². The molecule has 126 valence electrons. The first kappa shape index (κ1) is 16.5. The van der Waals surface area contributed by atoms with Gasteiger partial charge in [0, 0.05) is 18.0 Å². The second kappa shape index (κ2) is 7.04. The summed E-state index contributed by atoms with van der Waals surface area (Å²) in [5.74, 6) is 0.245. The van der Waals surface area contributed by atoms with Crippen LogP contribution in [0.2, 0.25) is 0 Å². The van der Waals surface area contributed by atoms with Crippen LogP contribution in [0.1, 0.15) is 56.1 Å².